The van der Waals surface area contributed by atoms with E-state index in [1.54, 1.807) is 0 Å². The van der Waals surface area contributed by atoms with Crippen LogP contribution in [0.5, 0.6) is 0 Å². The average Bonchev–Trinajstić information content (AvgIpc) is 2.10. The van der Waals surface area contributed by atoms with Gasteiger partial charge in [-0.1, -0.05) is 0 Å². The number of aliphatic hydroxyl groups is 1. The van der Waals surface area contributed by atoms with E-state index in [9.17, 15) is 26.4 Å². The Hall–Kier alpha value is -0.910. The molecule has 11 heteroatoms. The summed E-state index contributed by atoms with van der Waals surface area (Å²) in [6, 6.07) is 0. The second-order valence-electron chi connectivity index (χ2n) is 2.71. The molecule has 0 aromatic heterocycles. The number of rotatable bonds is 6. The number of carbonyl (C=O) groups is 1. The van der Waals surface area contributed by atoms with Crippen LogP contribution in [0.15, 0.2) is 0 Å². The predicted molar refractivity (Wildman–Crippen MR) is 46.2 cm³/mol. The zero-order chi connectivity index (χ0) is 13.0. The number of alkyl halides is 3. The molecule has 0 aromatic carbocycles. The van der Waals surface area contributed by atoms with Gasteiger partial charge in [0.1, 0.15) is 12.6 Å². The summed E-state index contributed by atoms with van der Waals surface area (Å²) in [6.07, 6.45) is -6.50. The van der Waals surface area contributed by atoms with E-state index < -0.39 is 41.5 Å². The van der Waals surface area contributed by atoms with Crippen molar-refractivity contribution in [2.45, 2.75) is 12.3 Å². The summed E-state index contributed by atoms with van der Waals surface area (Å²) < 4.78 is 59.2. The van der Waals surface area contributed by atoms with Gasteiger partial charge < -0.3 is 10.8 Å². The quantitative estimate of drug-likeness (QED) is 0.436. The molecular formula is C5H10F3N3O4S. The third-order valence-electron chi connectivity index (χ3n) is 1.26. The molecular weight excluding hydrogens is 255 g/mol. The van der Waals surface area contributed by atoms with Crippen molar-refractivity contribution in [3.63, 3.8) is 0 Å². The van der Waals surface area contributed by atoms with Crippen LogP contribution < -0.4 is 15.2 Å². The number of primary amides is 1. The molecule has 0 spiro atoms. The van der Waals surface area contributed by atoms with Gasteiger partial charge in [-0.2, -0.15) is 31.0 Å². The van der Waals surface area contributed by atoms with Crippen molar-refractivity contribution >= 4 is 16.1 Å². The Morgan fingerprint density at radius 3 is 2.25 bits per heavy atom. The SMILES string of the molecule is NC(=O)C(O)CNS(=O)(=O)NCC(F)(F)F. The van der Waals surface area contributed by atoms with Crippen LogP contribution in [0.25, 0.3) is 0 Å². The lowest BCUT2D eigenvalue weighted by Gasteiger charge is -2.11. The molecule has 16 heavy (non-hydrogen) atoms. The molecule has 0 rings (SSSR count). The lowest BCUT2D eigenvalue weighted by atomic mass is 10.3. The van der Waals surface area contributed by atoms with Gasteiger partial charge in [-0.15, -0.1) is 0 Å². The summed E-state index contributed by atoms with van der Waals surface area (Å²) in [4.78, 5) is 10.3. The number of halogens is 3. The zero-order valence-electron chi connectivity index (χ0n) is 7.78. The molecule has 1 unspecified atom stereocenters. The maximum absolute atomic E-state index is 11.6. The highest BCUT2D eigenvalue weighted by atomic mass is 32.2. The van der Waals surface area contributed by atoms with Crippen LogP contribution in [-0.4, -0.2) is 44.8 Å². The first kappa shape index (κ1) is 15.1. The molecule has 0 saturated carbocycles. The van der Waals surface area contributed by atoms with E-state index in [0.29, 0.717) is 0 Å². The highest BCUT2D eigenvalue weighted by Crippen LogP contribution is 2.12. The van der Waals surface area contributed by atoms with Crippen molar-refractivity contribution < 1.29 is 31.5 Å². The maximum Gasteiger partial charge on any atom is 0.402 e. The molecule has 0 aliphatic rings. The number of hydrogen-bond acceptors (Lipinski definition) is 4. The Morgan fingerprint density at radius 2 is 1.88 bits per heavy atom. The van der Waals surface area contributed by atoms with Crippen LogP contribution in [0, 0.1) is 0 Å². The fourth-order valence-electron chi connectivity index (χ4n) is 0.517. The highest BCUT2D eigenvalue weighted by molar-refractivity contribution is 7.87. The van der Waals surface area contributed by atoms with Gasteiger partial charge in [0.15, 0.2) is 0 Å². The average molecular weight is 265 g/mol. The van der Waals surface area contributed by atoms with Gasteiger partial charge in [0.05, 0.1) is 0 Å². The van der Waals surface area contributed by atoms with Crippen molar-refractivity contribution in [1.82, 2.24) is 9.44 Å². The molecule has 1 amide bonds. The molecule has 0 aliphatic heterocycles. The zero-order valence-corrected chi connectivity index (χ0v) is 8.60. The van der Waals surface area contributed by atoms with Crippen LogP contribution in [0.4, 0.5) is 13.2 Å². The van der Waals surface area contributed by atoms with Crippen LogP contribution in [0.3, 0.4) is 0 Å². The molecule has 0 radical (unpaired) electrons. The third-order valence-corrected chi connectivity index (χ3v) is 2.33. The first-order valence-corrected chi connectivity index (χ1v) is 5.30. The summed E-state index contributed by atoms with van der Waals surface area (Å²) in [6.45, 7) is -2.56. The summed E-state index contributed by atoms with van der Waals surface area (Å²) in [5, 5.41) is 8.77. The monoisotopic (exact) mass is 265 g/mol. The summed E-state index contributed by atoms with van der Waals surface area (Å²) >= 11 is 0. The maximum atomic E-state index is 11.6. The Bertz CT molecular complexity index is 341. The topological polar surface area (TPSA) is 122 Å². The van der Waals surface area contributed by atoms with Gasteiger partial charge in [-0.05, 0) is 0 Å². The van der Waals surface area contributed by atoms with Crippen molar-refractivity contribution in [2.24, 2.45) is 5.73 Å². The molecule has 1 atom stereocenters. The van der Waals surface area contributed by atoms with E-state index in [1.807, 2.05) is 0 Å². The van der Waals surface area contributed by atoms with Gasteiger partial charge in [0, 0.05) is 6.54 Å². The number of carbonyl (C=O) groups excluding carboxylic acids is 1. The minimum absolute atomic E-state index is 0.803. The molecule has 5 N–H and O–H groups in total. The standard InChI is InChI=1S/C5H10F3N3O4S/c6-5(7,8)2-11-16(14,15)10-1-3(12)4(9)13/h3,10-12H,1-2H2,(H2,9,13). The number of nitrogens with two attached hydrogens (primary N) is 1. The molecule has 0 heterocycles. The van der Waals surface area contributed by atoms with Crippen LogP contribution in [0.1, 0.15) is 0 Å². The summed E-state index contributed by atoms with van der Waals surface area (Å²) in [7, 11) is -4.43. The fraction of sp³-hybridized carbons (Fsp3) is 0.800. The molecule has 0 fully saturated rings. The minimum Gasteiger partial charge on any atom is -0.382 e. The van der Waals surface area contributed by atoms with Crippen molar-refractivity contribution in [1.29, 1.82) is 0 Å². The lowest BCUT2D eigenvalue weighted by molar-refractivity contribution is -0.125. The number of aliphatic hydroxyl groups excluding tert-OH is 1. The van der Waals surface area contributed by atoms with Gasteiger partial charge in [0.25, 0.3) is 10.2 Å². The Labute approximate surface area is 89.0 Å². The molecule has 96 valence electrons. The first-order valence-electron chi connectivity index (χ1n) is 3.82. The number of amides is 1. The lowest BCUT2D eigenvalue weighted by Crippen LogP contribution is -2.46. The highest BCUT2D eigenvalue weighted by Gasteiger charge is 2.29. The molecule has 7 nitrogen and oxygen atoms in total. The smallest absolute Gasteiger partial charge is 0.382 e. The van der Waals surface area contributed by atoms with Gasteiger partial charge in [-0.3, -0.25) is 4.79 Å². The van der Waals surface area contributed by atoms with E-state index in [1.165, 1.54) is 9.44 Å². The van der Waals surface area contributed by atoms with Gasteiger partial charge in [-0.25, -0.2) is 0 Å². The normalized spacial score (nSPS) is 14.8. The second-order valence-corrected chi connectivity index (χ2v) is 4.29. The molecule has 0 aromatic rings. The summed E-state index contributed by atoms with van der Waals surface area (Å²) in [5.41, 5.74) is 4.58. The Morgan fingerprint density at radius 1 is 1.38 bits per heavy atom. The van der Waals surface area contributed by atoms with Crippen molar-refractivity contribution in [2.75, 3.05) is 13.1 Å². The number of hydrogen-bond donors (Lipinski definition) is 4. The van der Waals surface area contributed by atoms with Crippen LogP contribution in [-0.2, 0) is 15.0 Å². The molecule has 0 bridgehead atoms. The fourth-order valence-corrected chi connectivity index (χ4v) is 1.35. The summed E-state index contributed by atoms with van der Waals surface area (Å²) in [5.74, 6) is -1.20. The van der Waals surface area contributed by atoms with Crippen molar-refractivity contribution in [3.05, 3.63) is 0 Å². The van der Waals surface area contributed by atoms with E-state index >= 15 is 0 Å². The van der Waals surface area contributed by atoms with E-state index in [0.717, 1.165) is 0 Å². The van der Waals surface area contributed by atoms with E-state index in [4.69, 9.17) is 5.11 Å². The molecule has 0 aliphatic carbocycles. The Kier molecular flexibility index (Phi) is 5.12. The molecule has 0 saturated heterocycles. The Balaban J connectivity index is 4.12. The van der Waals surface area contributed by atoms with Crippen molar-refractivity contribution in [3.8, 4) is 0 Å². The van der Waals surface area contributed by atoms with Crippen LogP contribution in [0.2, 0.25) is 0 Å². The third kappa shape index (κ3) is 7.39. The van der Waals surface area contributed by atoms with Crippen LogP contribution >= 0.6 is 0 Å². The van der Waals surface area contributed by atoms with Gasteiger partial charge >= 0.3 is 6.18 Å². The predicted octanol–water partition coefficient (Wildman–Crippen LogP) is -2.18. The second kappa shape index (κ2) is 5.43. The number of nitrogens with one attached hydrogen (secondary N) is 2. The first-order chi connectivity index (χ1) is 7.03. The largest absolute Gasteiger partial charge is 0.402 e. The van der Waals surface area contributed by atoms with E-state index in [-0.39, 0.29) is 0 Å². The minimum atomic E-state index is -4.70. The van der Waals surface area contributed by atoms with Gasteiger partial charge in [0.2, 0.25) is 5.91 Å². The van der Waals surface area contributed by atoms with E-state index in [2.05, 4.69) is 5.73 Å².